The van der Waals surface area contributed by atoms with Crippen molar-refractivity contribution in [1.29, 1.82) is 0 Å². The first-order valence-electron chi connectivity index (χ1n) is 8.63. The lowest BCUT2D eigenvalue weighted by molar-refractivity contribution is 0.101. The van der Waals surface area contributed by atoms with Gasteiger partial charge >= 0.3 is 0 Å². The number of thiazole rings is 1. The average Bonchev–Trinajstić information content (AvgIpc) is 3.04. The number of para-hydroxylation sites is 1. The fourth-order valence-electron chi connectivity index (χ4n) is 2.52. The number of nitrogens with zero attached hydrogens (tertiary/aromatic N) is 1. The SMILES string of the molecule is CCOc1cccc2sc(NCC(=O)c3ccc(OC(C)C)cc3)nc12. The Labute approximate surface area is 157 Å². The van der Waals surface area contributed by atoms with Gasteiger partial charge in [-0.05, 0) is 57.2 Å². The maximum atomic E-state index is 12.4. The van der Waals surface area contributed by atoms with Crippen LogP contribution in [0.1, 0.15) is 31.1 Å². The molecule has 0 unspecified atom stereocenters. The van der Waals surface area contributed by atoms with E-state index in [2.05, 4.69) is 10.3 Å². The summed E-state index contributed by atoms with van der Waals surface area (Å²) in [6.45, 7) is 6.67. The molecule has 0 fully saturated rings. The Kier molecular flexibility index (Phi) is 5.73. The predicted octanol–water partition coefficient (Wildman–Crippen LogP) is 4.78. The van der Waals surface area contributed by atoms with E-state index >= 15 is 0 Å². The van der Waals surface area contributed by atoms with Gasteiger partial charge in [0.25, 0.3) is 0 Å². The summed E-state index contributed by atoms with van der Waals surface area (Å²) in [6.07, 6.45) is 0.110. The largest absolute Gasteiger partial charge is 0.492 e. The van der Waals surface area contributed by atoms with E-state index in [1.54, 1.807) is 12.1 Å². The molecule has 0 aliphatic carbocycles. The summed E-state index contributed by atoms with van der Waals surface area (Å²) in [7, 11) is 0. The van der Waals surface area contributed by atoms with E-state index in [1.807, 2.05) is 51.1 Å². The number of anilines is 1. The van der Waals surface area contributed by atoms with Crippen LogP contribution < -0.4 is 14.8 Å². The van der Waals surface area contributed by atoms with Crippen molar-refractivity contribution >= 4 is 32.5 Å². The summed E-state index contributed by atoms with van der Waals surface area (Å²) in [6, 6.07) is 13.1. The maximum Gasteiger partial charge on any atom is 0.184 e. The first-order chi connectivity index (χ1) is 12.6. The molecule has 0 amide bonds. The number of carbonyl (C=O) groups excluding carboxylic acids is 1. The van der Waals surface area contributed by atoms with Crippen molar-refractivity contribution in [1.82, 2.24) is 4.98 Å². The number of rotatable bonds is 8. The second-order valence-electron chi connectivity index (χ2n) is 6.02. The van der Waals surface area contributed by atoms with E-state index in [4.69, 9.17) is 9.47 Å². The fourth-order valence-corrected chi connectivity index (χ4v) is 3.40. The molecule has 3 rings (SSSR count). The van der Waals surface area contributed by atoms with Crippen molar-refractivity contribution in [3.8, 4) is 11.5 Å². The minimum Gasteiger partial charge on any atom is -0.492 e. The van der Waals surface area contributed by atoms with Gasteiger partial charge in [0, 0.05) is 5.56 Å². The summed E-state index contributed by atoms with van der Waals surface area (Å²) < 4.78 is 12.2. The number of fused-ring (bicyclic) bond motifs is 1. The van der Waals surface area contributed by atoms with Gasteiger partial charge in [0.2, 0.25) is 0 Å². The molecule has 26 heavy (non-hydrogen) atoms. The Morgan fingerprint density at radius 3 is 2.65 bits per heavy atom. The van der Waals surface area contributed by atoms with Gasteiger partial charge in [-0.1, -0.05) is 17.4 Å². The standard InChI is InChI=1S/C20H22N2O3S/c1-4-24-17-6-5-7-18-19(17)22-20(26-18)21-12-16(23)14-8-10-15(11-9-14)25-13(2)3/h5-11,13H,4,12H2,1-3H3,(H,21,22). The number of nitrogens with one attached hydrogen (secondary N) is 1. The molecule has 0 radical (unpaired) electrons. The fraction of sp³-hybridized carbons (Fsp3) is 0.300. The van der Waals surface area contributed by atoms with Crippen LogP contribution in [0.25, 0.3) is 10.2 Å². The van der Waals surface area contributed by atoms with Crippen LogP contribution in [0, 0.1) is 0 Å². The summed E-state index contributed by atoms with van der Waals surface area (Å²) >= 11 is 1.51. The van der Waals surface area contributed by atoms with Gasteiger partial charge in [-0.15, -0.1) is 0 Å². The minimum absolute atomic E-state index is 0.00499. The van der Waals surface area contributed by atoms with Crippen molar-refractivity contribution in [2.75, 3.05) is 18.5 Å². The molecule has 1 heterocycles. The molecular formula is C20H22N2O3S. The average molecular weight is 370 g/mol. The van der Waals surface area contributed by atoms with Gasteiger partial charge in [0.1, 0.15) is 17.0 Å². The molecule has 0 aliphatic rings. The van der Waals surface area contributed by atoms with Crippen LogP contribution in [0.3, 0.4) is 0 Å². The van der Waals surface area contributed by atoms with Gasteiger partial charge in [0.15, 0.2) is 10.9 Å². The molecule has 0 saturated carbocycles. The number of hydrogen-bond acceptors (Lipinski definition) is 6. The van der Waals surface area contributed by atoms with Crippen molar-refractivity contribution in [3.63, 3.8) is 0 Å². The summed E-state index contributed by atoms with van der Waals surface area (Å²) in [5.41, 5.74) is 1.47. The van der Waals surface area contributed by atoms with Crippen LogP contribution in [0.4, 0.5) is 5.13 Å². The Balaban J connectivity index is 1.66. The highest BCUT2D eigenvalue weighted by molar-refractivity contribution is 7.22. The van der Waals surface area contributed by atoms with E-state index in [1.165, 1.54) is 11.3 Å². The smallest absolute Gasteiger partial charge is 0.184 e. The Morgan fingerprint density at radius 2 is 1.96 bits per heavy atom. The predicted molar refractivity (Wildman–Crippen MR) is 106 cm³/mol. The highest BCUT2D eigenvalue weighted by Gasteiger charge is 2.11. The van der Waals surface area contributed by atoms with Gasteiger partial charge in [0.05, 0.1) is 24.0 Å². The van der Waals surface area contributed by atoms with Crippen molar-refractivity contribution < 1.29 is 14.3 Å². The van der Waals surface area contributed by atoms with Crippen molar-refractivity contribution in [2.45, 2.75) is 26.9 Å². The van der Waals surface area contributed by atoms with Crippen LogP contribution in [0.5, 0.6) is 11.5 Å². The van der Waals surface area contributed by atoms with Crippen LogP contribution in [0.15, 0.2) is 42.5 Å². The zero-order chi connectivity index (χ0) is 18.5. The van der Waals surface area contributed by atoms with Crippen LogP contribution >= 0.6 is 11.3 Å². The van der Waals surface area contributed by atoms with Gasteiger partial charge < -0.3 is 14.8 Å². The van der Waals surface area contributed by atoms with Crippen LogP contribution in [-0.2, 0) is 0 Å². The normalized spacial score (nSPS) is 10.9. The molecule has 0 spiro atoms. The van der Waals surface area contributed by atoms with Crippen molar-refractivity contribution in [3.05, 3.63) is 48.0 Å². The third-order valence-electron chi connectivity index (χ3n) is 3.63. The first-order valence-corrected chi connectivity index (χ1v) is 9.44. The number of hydrogen-bond donors (Lipinski definition) is 1. The quantitative estimate of drug-likeness (QED) is 0.578. The molecule has 136 valence electrons. The number of benzene rings is 2. The lowest BCUT2D eigenvalue weighted by Gasteiger charge is -2.09. The lowest BCUT2D eigenvalue weighted by Crippen LogP contribution is -2.14. The summed E-state index contributed by atoms with van der Waals surface area (Å²) in [5.74, 6) is 1.53. The third kappa shape index (κ3) is 4.32. The van der Waals surface area contributed by atoms with E-state index in [0.29, 0.717) is 17.3 Å². The highest BCUT2D eigenvalue weighted by Crippen LogP contribution is 2.32. The molecule has 2 aromatic carbocycles. The molecule has 0 aliphatic heterocycles. The number of ether oxygens (including phenoxy) is 2. The van der Waals surface area contributed by atoms with Crippen LogP contribution in [0.2, 0.25) is 0 Å². The molecule has 6 heteroatoms. The maximum absolute atomic E-state index is 12.4. The van der Waals surface area contributed by atoms with E-state index < -0.39 is 0 Å². The number of carbonyl (C=O) groups is 1. The summed E-state index contributed by atoms with van der Waals surface area (Å²) in [5, 5.41) is 3.83. The molecule has 3 aromatic rings. The highest BCUT2D eigenvalue weighted by atomic mass is 32.1. The first kappa shape index (κ1) is 18.2. The topological polar surface area (TPSA) is 60.5 Å². The monoisotopic (exact) mass is 370 g/mol. The van der Waals surface area contributed by atoms with Gasteiger partial charge in [-0.25, -0.2) is 4.98 Å². The van der Waals surface area contributed by atoms with Gasteiger partial charge in [-0.3, -0.25) is 4.79 Å². The van der Waals surface area contributed by atoms with E-state index in [9.17, 15) is 4.79 Å². The third-order valence-corrected chi connectivity index (χ3v) is 4.61. The Hall–Kier alpha value is -2.60. The number of aromatic nitrogens is 1. The molecule has 1 aromatic heterocycles. The lowest BCUT2D eigenvalue weighted by atomic mass is 10.1. The Morgan fingerprint density at radius 1 is 1.19 bits per heavy atom. The number of ketones is 1. The van der Waals surface area contributed by atoms with E-state index in [0.717, 1.165) is 21.7 Å². The molecule has 0 saturated heterocycles. The van der Waals surface area contributed by atoms with E-state index in [-0.39, 0.29) is 18.4 Å². The number of Topliss-reactive ketones (excluding diaryl/α,β-unsaturated/α-hetero) is 1. The second-order valence-corrected chi connectivity index (χ2v) is 7.05. The molecule has 1 N–H and O–H groups in total. The molecule has 0 atom stereocenters. The zero-order valence-corrected chi connectivity index (χ0v) is 15.9. The summed E-state index contributed by atoms with van der Waals surface area (Å²) in [4.78, 5) is 16.9. The Bertz CT molecular complexity index is 888. The minimum atomic E-state index is 0.00499. The molecular weight excluding hydrogens is 348 g/mol. The molecule has 5 nitrogen and oxygen atoms in total. The zero-order valence-electron chi connectivity index (χ0n) is 15.1. The molecule has 0 bridgehead atoms. The second kappa shape index (κ2) is 8.19. The van der Waals surface area contributed by atoms with Gasteiger partial charge in [-0.2, -0.15) is 0 Å². The van der Waals surface area contributed by atoms with Crippen LogP contribution in [-0.4, -0.2) is 30.0 Å². The van der Waals surface area contributed by atoms with Crippen molar-refractivity contribution in [2.24, 2.45) is 0 Å².